The molecule has 0 saturated carbocycles. The molecular formula is C32H18Cl2N4O4. The van der Waals surface area contributed by atoms with Crippen LogP contribution in [-0.2, 0) is 0 Å². The minimum Gasteiger partial charge on any atom is -0.451 e. The average molecular weight is 593 g/mol. The van der Waals surface area contributed by atoms with Crippen LogP contribution < -0.4 is 30.8 Å². The first-order valence-electron chi connectivity index (χ1n) is 12.8. The van der Waals surface area contributed by atoms with Crippen LogP contribution in [-0.4, -0.2) is 11.8 Å². The van der Waals surface area contributed by atoms with Crippen molar-refractivity contribution < 1.29 is 19.1 Å². The lowest BCUT2D eigenvalue weighted by molar-refractivity contribution is 0.101. The Kier molecular flexibility index (Phi) is 6.34. The summed E-state index contributed by atoms with van der Waals surface area (Å²) in [5.41, 5.74) is 3.10. The Balaban J connectivity index is 1.20. The van der Waals surface area contributed by atoms with Crippen LogP contribution in [0.25, 0.3) is 0 Å². The zero-order valence-corrected chi connectivity index (χ0v) is 23.0. The van der Waals surface area contributed by atoms with Crippen molar-refractivity contribution >= 4 is 57.8 Å². The van der Waals surface area contributed by atoms with Gasteiger partial charge < -0.3 is 20.1 Å². The Morgan fingerprint density at radius 1 is 0.571 bits per heavy atom. The van der Waals surface area contributed by atoms with E-state index >= 15 is 0 Å². The smallest absolute Gasteiger partial charge is 0.255 e. The summed E-state index contributed by atoms with van der Waals surface area (Å²) in [5, 5.41) is 6.65. The minimum atomic E-state index is -0.253. The topological polar surface area (TPSA) is 101 Å². The molecule has 7 rings (SSSR count). The summed E-state index contributed by atoms with van der Waals surface area (Å²) in [7, 11) is 0. The van der Waals surface area contributed by atoms with E-state index in [4.69, 9.17) is 32.7 Å². The normalized spacial score (nSPS) is 12.0. The summed E-state index contributed by atoms with van der Waals surface area (Å²) >= 11 is 13.6. The maximum absolute atomic E-state index is 12.6. The Labute approximate surface area is 248 Å². The van der Waals surface area contributed by atoms with E-state index in [1.165, 1.54) is 0 Å². The predicted molar refractivity (Wildman–Crippen MR) is 160 cm³/mol. The summed E-state index contributed by atoms with van der Waals surface area (Å²) in [6.45, 7) is 0. The van der Waals surface area contributed by atoms with Crippen molar-refractivity contribution in [1.82, 2.24) is 0 Å². The molecule has 0 aromatic heterocycles. The van der Waals surface area contributed by atoms with Gasteiger partial charge in [-0.15, -0.1) is 0 Å². The molecule has 2 aliphatic heterocycles. The number of benzene rings is 5. The van der Waals surface area contributed by atoms with Crippen molar-refractivity contribution in [3.05, 3.63) is 129 Å². The Morgan fingerprint density at radius 2 is 0.976 bits per heavy atom. The molecule has 2 aliphatic rings. The van der Waals surface area contributed by atoms with Crippen LogP contribution in [0.3, 0.4) is 0 Å². The van der Waals surface area contributed by atoms with Crippen molar-refractivity contribution in [2.24, 2.45) is 9.98 Å². The molecule has 2 amide bonds. The first-order valence-corrected chi connectivity index (χ1v) is 13.6. The van der Waals surface area contributed by atoms with E-state index in [1.807, 2.05) is 12.1 Å². The molecule has 0 unspecified atom stereocenters. The molecule has 0 atom stereocenters. The van der Waals surface area contributed by atoms with Crippen LogP contribution >= 0.6 is 23.2 Å². The molecule has 0 spiro atoms. The van der Waals surface area contributed by atoms with Gasteiger partial charge in [0.2, 0.25) is 0 Å². The number of nitrogens with zero attached hydrogens (tertiary/aromatic N) is 2. The highest BCUT2D eigenvalue weighted by molar-refractivity contribution is 6.35. The zero-order chi connectivity index (χ0) is 28.8. The van der Waals surface area contributed by atoms with E-state index in [2.05, 4.69) is 20.6 Å². The van der Waals surface area contributed by atoms with Crippen LogP contribution in [0.5, 0.6) is 23.0 Å². The number of fused-ring (bicyclic) bond motifs is 4. The number of rotatable bonds is 4. The molecule has 5 aromatic carbocycles. The maximum atomic E-state index is 12.6. The van der Waals surface area contributed by atoms with Crippen LogP contribution in [0.4, 0.5) is 22.7 Å². The minimum absolute atomic E-state index is 0.171. The van der Waals surface area contributed by atoms with E-state index in [0.29, 0.717) is 56.1 Å². The first kappa shape index (κ1) is 25.8. The van der Waals surface area contributed by atoms with Crippen LogP contribution in [0.15, 0.2) is 107 Å². The SMILES string of the molecule is O=C(Nc1ccc2c(c1)Oc1c(Cl)c3c(c(Cl)c1=N2)Oc1cc(NC(=O)c2ccccc2)ccc1N=3)c1ccccc1. The summed E-state index contributed by atoms with van der Waals surface area (Å²) in [5.74, 6) is 0.723. The van der Waals surface area contributed by atoms with Gasteiger partial charge >= 0.3 is 0 Å². The number of carbonyl (C=O) groups is 2. The van der Waals surface area contributed by atoms with Gasteiger partial charge in [0, 0.05) is 34.6 Å². The highest BCUT2D eigenvalue weighted by Crippen LogP contribution is 2.43. The lowest BCUT2D eigenvalue weighted by Gasteiger charge is -2.21. The van der Waals surface area contributed by atoms with Crippen molar-refractivity contribution in [3.63, 3.8) is 0 Å². The molecule has 10 heteroatoms. The summed E-state index contributed by atoms with van der Waals surface area (Å²) in [6.07, 6.45) is 0. The van der Waals surface area contributed by atoms with E-state index in [0.717, 1.165) is 0 Å². The average Bonchev–Trinajstić information content (AvgIpc) is 3.03. The third kappa shape index (κ3) is 4.62. The quantitative estimate of drug-likeness (QED) is 0.219. The van der Waals surface area contributed by atoms with Crippen molar-refractivity contribution in [2.45, 2.75) is 0 Å². The van der Waals surface area contributed by atoms with Crippen molar-refractivity contribution in [2.75, 3.05) is 10.6 Å². The number of ether oxygens (including phenoxy) is 2. The molecule has 2 N–H and O–H groups in total. The van der Waals surface area contributed by atoms with Gasteiger partial charge in [-0.25, -0.2) is 9.98 Å². The third-order valence-corrected chi connectivity index (χ3v) is 7.34. The lowest BCUT2D eigenvalue weighted by Crippen LogP contribution is -2.22. The van der Waals surface area contributed by atoms with E-state index in [-0.39, 0.29) is 33.4 Å². The molecule has 0 radical (unpaired) electrons. The summed E-state index contributed by atoms with van der Waals surface area (Å²) in [4.78, 5) is 34.6. The van der Waals surface area contributed by atoms with Crippen LogP contribution in [0.1, 0.15) is 20.7 Å². The van der Waals surface area contributed by atoms with Gasteiger partial charge in [0.05, 0.1) is 0 Å². The fourth-order valence-electron chi connectivity index (χ4n) is 4.59. The van der Waals surface area contributed by atoms with Crippen molar-refractivity contribution in [3.8, 4) is 23.0 Å². The zero-order valence-electron chi connectivity index (χ0n) is 21.5. The van der Waals surface area contributed by atoms with Gasteiger partial charge in [0.15, 0.2) is 23.0 Å². The molecule has 5 aromatic rings. The van der Waals surface area contributed by atoms with Crippen LogP contribution in [0.2, 0.25) is 10.0 Å². The lowest BCUT2D eigenvalue weighted by atomic mass is 10.1. The van der Waals surface area contributed by atoms with E-state index in [1.54, 1.807) is 84.9 Å². The molecule has 0 aliphatic carbocycles. The molecule has 2 heterocycles. The molecule has 204 valence electrons. The van der Waals surface area contributed by atoms with Crippen molar-refractivity contribution in [1.29, 1.82) is 0 Å². The molecule has 0 saturated heterocycles. The number of hydrogen-bond acceptors (Lipinski definition) is 6. The van der Waals surface area contributed by atoms with Crippen LogP contribution in [0, 0.1) is 0 Å². The first-order chi connectivity index (χ1) is 20.4. The summed E-state index contributed by atoms with van der Waals surface area (Å²) in [6, 6.07) is 28.0. The van der Waals surface area contributed by atoms with Gasteiger partial charge in [-0.1, -0.05) is 59.6 Å². The summed E-state index contributed by atoms with van der Waals surface area (Å²) < 4.78 is 12.3. The number of amides is 2. The number of nitrogens with one attached hydrogen (secondary N) is 2. The second-order valence-corrected chi connectivity index (χ2v) is 10.2. The fraction of sp³-hybridized carbons (Fsp3) is 0. The standard InChI is InChI=1S/C32H18Cl2N4O4/c33-25-28-30(42-24-16-20(12-14-22(24)38-28)36-32(40)18-9-5-2-6-10-18)26(34)27-29(25)41-23-15-19(11-13-21(23)37-27)35-31(39)17-7-3-1-4-8-17/h1-16H,(H,35,39)(H,36,40). The molecular weight excluding hydrogens is 575 g/mol. The predicted octanol–water partition coefficient (Wildman–Crippen LogP) is 7.61. The number of carbonyl (C=O) groups excluding carboxylic acids is 2. The largest absolute Gasteiger partial charge is 0.451 e. The van der Waals surface area contributed by atoms with Gasteiger partial charge in [-0.05, 0) is 48.5 Å². The highest BCUT2D eigenvalue weighted by atomic mass is 35.5. The Hall–Kier alpha value is -5.18. The Morgan fingerprint density at radius 3 is 1.38 bits per heavy atom. The van der Waals surface area contributed by atoms with Gasteiger partial charge in [0.1, 0.15) is 32.1 Å². The maximum Gasteiger partial charge on any atom is 0.255 e. The fourth-order valence-corrected chi connectivity index (χ4v) is 5.10. The number of anilines is 2. The molecule has 0 fully saturated rings. The van der Waals surface area contributed by atoms with Gasteiger partial charge in [-0.3, -0.25) is 9.59 Å². The molecule has 0 bridgehead atoms. The third-order valence-electron chi connectivity index (χ3n) is 6.64. The molecule has 8 nitrogen and oxygen atoms in total. The van der Waals surface area contributed by atoms with Gasteiger partial charge in [0.25, 0.3) is 11.8 Å². The number of halogens is 2. The second-order valence-electron chi connectivity index (χ2n) is 9.42. The van der Waals surface area contributed by atoms with E-state index < -0.39 is 0 Å². The van der Waals surface area contributed by atoms with Gasteiger partial charge in [-0.2, -0.15) is 0 Å². The monoisotopic (exact) mass is 592 g/mol. The second kappa shape index (κ2) is 10.3. The number of hydrogen-bond donors (Lipinski definition) is 2. The Bertz CT molecular complexity index is 1900. The molecule has 42 heavy (non-hydrogen) atoms. The highest BCUT2D eigenvalue weighted by Gasteiger charge is 2.27. The van der Waals surface area contributed by atoms with E-state index in [9.17, 15) is 9.59 Å².